The van der Waals surface area contributed by atoms with Crippen molar-refractivity contribution < 1.29 is 13.2 Å². The van der Waals surface area contributed by atoms with Crippen molar-refractivity contribution in [2.45, 2.75) is 44.0 Å². The van der Waals surface area contributed by atoms with E-state index >= 15 is 0 Å². The van der Waals surface area contributed by atoms with Crippen LogP contribution in [0.1, 0.15) is 31.2 Å². The van der Waals surface area contributed by atoms with Crippen LogP contribution in [0.15, 0.2) is 52.2 Å². The molecule has 0 aliphatic carbocycles. The second-order valence-electron chi connectivity index (χ2n) is 8.15. The number of thiazole rings is 1. The summed E-state index contributed by atoms with van der Waals surface area (Å²) in [5, 5.41) is 0. The third kappa shape index (κ3) is 4.45. The largest absolute Gasteiger partial charge is 0.343 e. The first-order chi connectivity index (χ1) is 15.3. The standard InChI is InChI=1S/C23H27N3O4S2/c1-17-6-8-18(9-7-17)24(2)32(29,30)19-10-11-20-21(16-19)31-23(28)26(20)15-12-22(27)25-13-4-3-5-14-25/h6-11,16H,3-5,12-15H2,1-2H3. The van der Waals surface area contributed by atoms with Gasteiger partial charge in [-0.3, -0.25) is 18.5 Å². The molecule has 1 aliphatic heterocycles. The zero-order valence-electron chi connectivity index (χ0n) is 18.3. The number of likely N-dealkylation sites (tertiary alicyclic amines) is 1. The Morgan fingerprint density at radius 1 is 1.06 bits per heavy atom. The lowest BCUT2D eigenvalue weighted by Crippen LogP contribution is -2.36. The van der Waals surface area contributed by atoms with Crippen LogP contribution in [0.3, 0.4) is 0 Å². The smallest absolute Gasteiger partial charge is 0.308 e. The summed E-state index contributed by atoms with van der Waals surface area (Å²) >= 11 is 1.01. The Kier molecular flexibility index (Phi) is 6.39. The topological polar surface area (TPSA) is 79.7 Å². The summed E-state index contributed by atoms with van der Waals surface area (Å²) in [6.07, 6.45) is 3.48. The maximum absolute atomic E-state index is 13.1. The molecule has 0 N–H and O–H groups in total. The molecule has 0 saturated carbocycles. The van der Waals surface area contributed by atoms with Crippen LogP contribution in [-0.4, -0.2) is 43.9 Å². The normalized spacial score (nSPS) is 14.6. The van der Waals surface area contributed by atoms with Crippen molar-refractivity contribution in [2.24, 2.45) is 0 Å². The predicted molar refractivity (Wildman–Crippen MR) is 128 cm³/mol. The number of carbonyl (C=O) groups excluding carboxylic acids is 1. The van der Waals surface area contributed by atoms with Gasteiger partial charge < -0.3 is 4.90 Å². The number of aromatic nitrogens is 1. The average molecular weight is 474 g/mol. The van der Waals surface area contributed by atoms with Crippen LogP contribution in [0.2, 0.25) is 0 Å². The minimum Gasteiger partial charge on any atom is -0.343 e. The molecule has 0 spiro atoms. The Hall–Kier alpha value is -2.65. The van der Waals surface area contributed by atoms with Gasteiger partial charge in [-0.05, 0) is 56.5 Å². The minimum absolute atomic E-state index is 0.0647. The first kappa shape index (κ1) is 22.5. The fourth-order valence-corrected chi connectivity index (χ4v) is 6.23. The molecule has 9 heteroatoms. The fourth-order valence-electron chi connectivity index (χ4n) is 3.98. The van der Waals surface area contributed by atoms with E-state index in [-0.39, 0.29) is 22.1 Å². The molecule has 7 nitrogen and oxygen atoms in total. The number of hydrogen-bond acceptors (Lipinski definition) is 5. The number of aryl methyl sites for hydroxylation is 2. The number of amides is 1. The summed E-state index contributed by atoms with van der Waals surface area (Å²) in [5.74, 6) is 0.0647. The van der Waals surface area contributed by atoms with Crippen molar-refractivity contribution >= 4 is 43.2 Å². The molecule has 2 heterocycles. The second-order valence-corrected chi connectivity index (χ2v) is 11.1. The van der Waals surface area contributed by atoms with Gasteiger partial charge >= 0.3 is 4.87 Å². The van der Waals surface area contributed by atoms with Crippen molar-refractivity contribution in [1.82, 2.24) is 9.47 Å². The number of rotatable bonds is 6. The molecule has 0 bridgehead atoms. The number of fused-ring (bicyclic) bond motifs is 1. The molecule has 1 fully saturated rings. The van der Waals surface area contributed by atoms with Crippen molar-refractivity contribution in [1.29, 1.82) is 0 Å². The van der Waals surface area contributed by atoms with Gasteiger partial charge in [0.1, 0.15) is 0 Å². The Morgan fingerprint density at radius 3 is 2.44 bits per heavy atom. The first-order valence-electron chi connectivity index (χ1n) is 10.7. The number of sulfonamides is 1. The Bertz CT molecular complexity index is 1290. The lowest BCUT2D eigenvalue weighted by molar-refractivity contribution is -0.132. The van der Waals surface area contributed by atoms with Crippen molar-refractivity contribution in [3.05, 3.63) is 57.7 Å². The number of nitrogens with zero attached hydrogens (tertiary/aromatic N) is 3. The van der Waals surface area contributed by atoms with Gasteiger partial charge in [0.15, 0.2) is 0 Å². The number of piperidine rings is 1. The Balaban J connectivity index is 1.56. The number of hydrogen-bond donors (Lipinski definition) is 0. The van der Waals surface area contributed by atoms with Crippen LogP contribution in [0.25, 0.3) is 10.2 Å². The maximum Gasteiger partial charge on any atom is 0.308 e. The summed E-state index contributed by atoms with van der Waals surface area (Å²) in [4.78, 5) is 26.9. The average Bonchev–Trinajstić information content (AvgIpc) is 3.12. The number of carbonyl (C=O) groups is 1. The summed E-state index contributed by atoms with van der Waals surface area (Å²) in [5.41, 5.74) is 2.27. The van der Waals surface area contributed by atoms with Crippen molar-refractivity contribution in [2.75, 3.05) is 24.4 Å². The van der Waals surface area contributed by atoms with Gasteiger partial charge in [-0.2, -0.15) is 0 Å². The van der Waals surface area contributed by atoms with Gasteiger partial charge in [-0.25, -0.2) is 8.42 Å². The third-order valence-corrected chi connectivity index (χ3v) is 8.68. The summed E-state index contributed by atoms with van der Waals surface area (Å²) in [6.45, 7) is 3.81. The van der Waals surface area contributed by atoms with Crippen molar-refractivity contribution in [3.8, 4) is 0 Å². The van der Waals surface area contributed by atoms with Crippen LogP contribution in [-0.2, 0) is 21.4 Å². The zero-order chi connectivity index (χ0) is 22.9. The van der Waals surface area contributed by atoms with Crippen LogP contribution >= 0.6 is 11.3 Å². The molecule has 0 unspecified atom stereocenters. The minimum atomic E-state index is -3.77. The molecule has 1 aliphatic rings. The fraction of sp³-hybridized carbons (Fsp3) is 0.391. The van der Waals surface area contributed by atoms with Crippen LogP contribution in [0.4, 0.5) is 5.69 Å². The lowest BCUT2D eigenvalue weighted by atomic mass is 10.1. The molecule has 1 saturated heterocycles. The number of benzene rings is 2. The molecule has 0 radical (unpaired) electrons. The highest BCUT2D eigenvalue weighted by molar-refractivity contribution is 7.92. The van der Waals surface area contributed by atoms with E-state index in [1.165, 1.54) is 17.4 Å². The monoisotopic (exact) mass is 473 g/mol. The van der Waals surface area contributed by atoms with Crippen LogP contribution < -0.4 is 9.18 Å². The highest BCUT2D eigenvalue weighted by atomic mass is 32.2. The lowest BCUT2D eigenvalue weighted by Gasteiger charge is -2.26. The Morgan fingerprint density at radius 2 is 1.75 bits per heavy atom. The van der Waals surface area contributed by atoms with E-state index < -0.39 is 10.0 Å². The van der Waals surface area contributed by atoms with E-state index in [4.69, 9.17) is 0 Å². The second kappa shape index (κ2) is 9.07. The third-order valence-electron chi connectivity index (χ3n) is 5.95. The van der Waals surface area contributed by atoms with Gasteiger partial charge in [0.25, 0.3) is 10.0 Å². The van der Waals surface area contributed by atoms with E-state index in [1.807, 2.05) is 24.0 Å². The maximum atomic E-state index is 13.1. The van der Waals surface area contributed by atoms with Crippen LogP contribution in [0.5, 0.6) is 0 Å². The molecule has 4 rings (SSSR count). The Labute approximate surface area is 191 Å². The van der Waals surface area contributed by atoms with E-state index in [9.17, 15) is 18.0 Å². The molecule has 170 valence electrons. The zero-order valence-corrected chi connectivity index (χ0v) is 19.9. The van der Waals surface area contributed by atoms with Gasteiger partial charge in [0.2, 0.25) is 5.91 Å². The molecular formula is C23H27N3O4S2. The molecular weight excluding hydrogens is 446 g/mol. The highest BCUT2D eigenvalue weighted by Crippen LogP contribution is 2.27. The molecule has 0 atom stereocenters. The SMILES string of the molecule is Cc1ccc(N(C)S(=O)(=O)c2ccc3c(c2)sc(=O)n3CCC(=O)N2CCCCC2)cc1. The van der Waals surface area contributed by atoms with E-state index in [2.05, 4.69) is 0 Å². The van der Waals surface area contributed by atoms with Crippen molar-refractivity contribution in [3.63, 3.8) is 0 Å². The summed E-state index contributed by atoms with van der Waals surface area (Å²) in [6, 6.07) is 12.0. The number of anilines is 1. The van der Waals surface area contributed by atoms with Gasteiger partial charge in [-0.1, -0.05) is 29.0 Å². The van der Waals surface area contributed by atoms with E-state index in [0.717, 1.165) is 49.3 Å². The van der Waals surface area contributed by atoms with Gasteiger partial charge in [0.05, 0.1) is 20.8 Å². The predicted octanol–water partition coefficient (Wildman–Crippen LogP) is 3.60. The van der Waals surface area contributed by atoms with E-state index in [1.54, 1.807) is 28.8 Å². The quantitative estimate of drug-likeness (QED) is 0.548. The molecule has 32 heavy (non-hydrogen) atoms. The van der Waals surface area contributed by atoms with Crippen LogP contribution in [0, 0.1) is 6.92 Å². The van der Waals surface area contributed by atoms with E-state index in [0.29, 0.717) is 22.4 Å². The molecule has 1 amide bonds. The molecule has 1 aromatic heterocycles. The highest BCUT2D eigenvalue weighted by Gasteiger charge is 2.23. The summed E-state index contributed by atoms with van der Waals surface area (Å²) in [7, 11) is -2.25. The van der Waals surface area contributed by atoms with Gasteiger partial charge in [0, 0.05) is 33.1 Å². The van der Waals surface area contributed by atoms with Gasteiger partial charge in [-0.15, -0.1) is 0 Å². The summed E-state index contributed by atoms with van der Waals surface area (Å²) < 4.78 is 29.7. The molecule has 3 aromatic rings. The molecule has 2 aromatic carbocycles. The first-order valence-corrected chi connectivity index (χ1v) is 13.0.